The minimum Gasteiger partial charge on any atom is -0.477 e. The van der Waals surface area contributed by atoms with Gasteiger partial charge in [-0.3, -0.25) is 10.2 Å². The molecule has 0 aliphatic carbocycles. The normalized spacial score (nSPS) is 11.0. The number of hydrogen-bond acceptors (Lipinski definition) is 3. The van der Waals surface area contributed by atoms with Gasteiger partial charge in [0.1, 0.15) is 5.75 Å². The Kier molecular flexibility index (Phi) is 4.42. The molecule has 0 saturated heterocycles. The predicted octanol–water partition coefficient (Wildman–Crippen LogP) is 2.95. The number of nitrogens with one attached hydrogen (secondary N) is 2. The van der Waals surface area contributed by atoms with Gasteiger partial charge in [-0.05, 0) is 26.0 Å². The maximum Gasteiger partial charge on any atom is 0.423 e. The number of hydrazine groups is 1. The summed E-state index contributed by atoms with van der Waals surface area (Å²) >= 11 is 6.14. The second-order valence-electron chi connectivity index (χ2n) is 5.09. The lowest BCUT2D eigenvalue weighted by molar-refractivity contribution is -0.135. The second-order valence-corrected chi connectivity index (χ2v) is 5.49. The molecular weight excluding hydrogens is 308 g/mol. The Morgan fingerprint density at radius 3 is 2.36 bits per heavy atom. The van der Waals surface area contributed by atoms with Crippen molar-refractivity contribution in [2.24, 2.45) is 0 Å². The summed E-state index contributed by atoms with van der Waals surface area (Å²) in [6.45, 7) is 3.07. The van der Waals surface area contributed by atoms with E-state index in [0.29, 0.717) is 10.8 Å². The largest absolute Gasteiger partial charge is 0.477 e. The highest BCUT2D eigenvalue weighted by atomic mass is 35.5. The van der Waals surface area contributed by atoms with E-state index >= 15 is 0 Å². The van der Waals surface area contributed by atoms with E-state index in [9.17, 15) is 9.59 Å². The number of carboxylic acid groups (broad SMARTS) is 1. The number of carbonyl (C=O) groups is 2. The lowest BCUT2D eigenvalue weighted by Crippen LogP contribution is -2.52. The highest BCUT2D eigenvalue weighted by molar-refractivity contribution is 6.35. The van der Waals surface area contributed by atoms with Crippen LogP contribution in [-0.4, -0.2) is 22.7 Å². The molecular formula is C15H15ClN2O4. The molecule has 0 fully saturated rings. The Bertz CT molecular complexity index is 731. The molecule has 0 bridgehead atoms. The van der Waals surface area contributed by atoms with E-state index in [1.165, 1.54) is 13.8 Å². The average Bonchev–Trinajstić information content (AvgIpc) is 2.47. The first-order valence-corrected chi connectivity index (χ1v) is 6.85. The maximum atomic E-state index is 12.0. The monoisotopic (exact) mass is 322 g/mol. The molecule has 7 heteroatoms. The Hall–Kier alpha value is -2.47. The minimum atomic E-state index is -1.36. The van der Waals surface area contributed by atoms with Gasteiger partial charge in [0.25, 0.3) is 5.91 Å². The van der Waals surface area contributed by atoms with Crippen molar-refractivity contribution in [2.75, 3.05) is 0 Å². The van der Waals surface area contributed by atoms with Gasteiger partial charge in [-0.15, -0.1) is 0 Å². The number of halogens is 1. The summed E-state index contributed by atoms with van der Waals surface area (Å²) < 4.78 is 5.76. The van der Waals surface area contributed by atoms with Crippen molar-refractivity contribution in [1.82, 2.24) is 10.9 Å². The van der Waals surface area contributed by atoms with Crippen molar-refractivity contribution >= 4 is 34.4 Å². The van der Waals surface area contributed by atoms with Gasteiger partial charge in [-0.2, -0.15) is 0 Å². The van der Waals surface area contributed by atoms with Gasteiger partial charge in [-0.1, -0.05) is 35.9 Å². The number of hydrogen-bond donors (Lipinski definition) is 3. The van der Waals surface area contributed by atoms with Crippen LogP contribution < -0.4 is 15.6 Å². The minimum absolute atomic E-state index is 0.482. The number of benzene rings is 2. The van der Waals surface area contributed by atoms with Crippen LogP contribution >= 0.6 is 11.6 Å². The number of rotatable bonds is 3. The molecule has 22 heavy (non-hydrogen) atoms. The van der Waals surface area contributed by atoms with Gasteiger partial charge in [0.2, 0.25) is 0 Å². The van der Waals surface area contributed by atoms with Crippen LogP contribution in [0.4, 0.5) is 4.79 Å². The molecule has 0 spiro atoms. The lowest BCUT2D eigenvalue weighted by atomic mass is 10.1. The molecule has 2 aromatic carbocycles. The van der Waals surface area contributed by atoms with E-state index in [-0.39, 0.29) is 0 Å². The van der Waals surface area contributed by atoms with Gasteiger partial charge in [0, 0.05) is 15.8 Å². The third-order valence-corrected chi connectivity index (χ3v) is 3.36. The van der Waals surface area contributed by atoms with Crippen LogP contribution in [0.15, 0.2) is 36.4 Å². The van der Waals surface area contributed by atoms with E-state index in [1.54, 1.807) is 17.6 Å². The Morgan fingerprint density at radius 1 is 1.09 bits per heavy atom. The highest BCUT2D eigenvalue weighted by Gasteiger charge is 2.31. The molecule has 0 radical (unpaired) electrons. The van der Waals surface area contributed by atoms with Crippen LogP contribution in [-0.2, 0) is 4.79 Å². The lowest BCUT2D eigenvalue weighted by Gasteiger charge is -2.26. The third-order valence-electron chi connectivity index (χ3n) is 3.03. The summed E-state index contributed by atoms with van der Waals surface area (Å²) in [5.74, 6) is -0.135. The van der Waals surface area contributed by atoms with Gasteiger partial charge in [-0.25, -0.2) is 10.2 Å². The standard InChI is InChI=1S/C15H15ClN2O4/c1-15(2,13(19)17-18-14(20)21)22-12-8-7-11(16)9-5-3-4-6-10(9)12/h3-8,18H,1-2H3,(H,17,19)(H,20,21). The highest BCUT2D eigenvalue weighted by Crippen LogP contribution is 2.33. The predicted molar refractivity (Wildman–Crippen MR) is 83.0 cm³/mol. The fourth-order valence-corrected chi connectivity index (χ4v) is 2.13. The number of carbonyl (C=O) groups excluding carboxylic acids is 1. The Morgan fingerprint density at radius 2 is 1.73 bits per heavy atom. The average molecular weight is 323 g/mol. The van der Waals surface area contributed by atoms with Crippen molar-refractivity contribution in [3.8, 4) is 5.75 Å². The van der Waals surface area contributed by atoms with Crippen molar-refractivity contribution in [3.63, 3.8) is 0 Å². The molecule has 0 atom stereocenters. The van der Waals surface area contributed by atoms with Gasteiger partial charge in [0.05, 0.1) is 0 Å². The summed E-state index contributed by atoms with van der Waals surface area (Å²) in [4.78, 5) is 22.4. The van der Waals surface area contributed by atoms with Gasteiger partial charge >= 0.3 is 6.09 Å². The summed E-state index contributed by atoms with van der Waals surface area (Å²) in [5.41, 5.74) is 2.58. The van der Waals surface area contributed by atoms with Gasteiger partial charge in [0.15, 0.2) is 5.60 Å². The van der Waals surface area contributed by atoms with E-state index < -0.39 is 17.6 Å². The van der Waals surface area contributed by atoms with Crippen molar-refractivity contribution in [2.45, 2.75) is 19.4 Å². The van der Waals surface area contributed by atoms with Gasteiger partial charge < -0.3 is 9.84 Å². The fraction of sp³-hybridized carbons (Fsp3) is 0.200. The zero-order valence-electron chi connectivity index (χ0n) is 12.0. The second kappa shape index (κ2) is 6.11. The SMILES string of the molecule is CC(C)(Oc1ccc(Cl)c2ccccc12)C(=O)NNC(=O)O. The first kappa shape index (κ1) is 15.9. The smallest absolute Gasteiger partial charge is 0.423 e. The van der Waals surface area contributed by atoms with E-state index in [0.717, 1.165) is 10.8 Å². The summed E-state index contributed by atoms with van der Waals surface area (Å²) in [6.07, 6.45) is -1.36. The molecule has 0 aromatic heterocycles. The van der Waals surface area contributed by atoms with Crippen molar-refractivity contribution < 1.29 is 19.4 Å². The fourth-order valence-electron chi connectivity index (χ4n) is 1.91. The molecule has 3 N–H and O–H groups in total. The molecule has 0 unspecified atom stereocenters. The quantitative estimate of drug-likeness (QED) is 0.758. The zero-order chi connectivity index (χ0) is 16.3. The van der Waals surface area contributed by atoms with Crippen molar-refractivity contribution in [1.29, 1.82) is 0 Å². The topological polar surface area (TPSA) is 87.7 Å². The molecule has 2 rings (SSSR count). The van der Waals surface area contributed by atoms with E-state index in [4.69, 9.17) is 21.4 Å². The summed E-state index contributed by atoms with van der Waals surface area (Å²) in [5, 5.41) is 10.7. The number of ether oxygens (including phenoxy) is 1. The van der Waals surface area contributed by atoms with Crippen LogP contribution in [0.5, 0.6) is 5.75 Å². The molecule has 116 valence electrons. The molecule has 2 amide bonds. The number of fused-ring (bicyclic) bond motifs is 1. The summed E-state index contributed by atoms with van der Waals surface area (Å²) in [6, 6.07) is 10.7. The van der Waals surface area contributed by atoms with Crippen LogP contribution in [0.2, 0.25) is 5.02 Å². The number of amides is 2. The van der Waals surface area contributed by atoms with Crippen LogP contribution in [0, 0.1) is 0 Å². The zero-order valence-corrected chi connectivity index (χ0v) is 12.8. The molecule has 6 nitrogen and oxygen atoms in total. The Labute approximate surface area is 132 Å². The van der Waals surface area contributed by atoms with Crippen LogP contribution in [0.3, 0.4) is 0 Å². The van der Waals surface area contributed by atoms with E-state index in [1.807, 2.05) is 24.3 Å². The molecule has 0 heterocycles. The maximum absolute atomic E-state index is 12.0. The molecule has 0 saturated carbocycles. The molecule has 0 aliphatic heterocycles. The van der Waals surface area contributed by atoms with Crippen LogP contribution in [0.25, 0.3) is 10.8 Å². The Balaban J connectivity index is 2.28. The summed E-state index contributed by atoms with van der Waals surface area (Å²) in [7, 11) is 0. The van der Waals surface area contributed by atoms with Crippen molar-refractivity contribution in [3.05, 3.63) is 41.4 Å². The molecule has 0 aliphatic rings. The van der Waals surface area contributed by atoms with E-state index in [2.05, 4.69) is 5.43 Å². The first-order chi connectivity index (χ1) is 10.3. The van der Waals surface area contributed by atoms with Crippen LogP contribution in [0.1, 0.15) is 13.8 Å². The molecule has 2 aromatic rings. The third kappa shape index (κ3) is 3.40. The first-order valence-electron chi connectivity index (χ1n) is 6.47.